The van der Waals surface area contributed by atoms with Crippen molar-refractivity contribution in [2.24, 2.45) is 0 Å². The monoisotopic (exact) mass is 489 g/mol. The summed E-state index contributed by atoms with van der Waals surface area (Å²) in [6.07, 6.45) is 4.11. The van der Waals surface area contributed by atoms with Crippen molar-refractivity contribution in [3.05, 3.63) is 82.4 Å². The maximum Gasteiger partial charge on any atom is 0.270 e. The Morgan fingerprint density at radius 3 is 2.44 bits per heavy atom. The highest BCUT2D eigenvalue weighted by atomic mass is 16.6. The lowest BCUT2D eigenvalue weighted by molar-refractivity contribution is -0.384. The molecule has 0 spiro atoms. The lowest BCUT2D eigenvalue weighted by Crippen LogP contribution is -2.33. The molecule has 1 saturated carbocycles. The van der Waals surface area contributed by atoms with Crippen LogP contribution in [-0.4, -0.2) is 36.5 Å². The van der Waals surface area contributed by atoms with E-state index in [1.165, 1.54) is 18.2 Å². The number of ether oxygens (including phenoxy) is 2. The fraction of sp³-hybridized carbons (Fsp3) is 0.259. The van der Waals surface area contributed by atoms with E-state index in [0.29, 0.717) is 33.9 Å². The average Bonchev–Trinajstić information content (AvgIpc) is 3.40. The van der Waals surface area contributed by atoms with Gasteiger partial charge < -0.3 is 20.1 Å². The van der Waals surface area contributed by atoms with Gasteiger partial charge in [0.05, 0.1) is 23.3 Å². The van der Waals surface area contributed by atoms with Crippen LogP contribution in [0.1, 0.15) is 36.0 Å². The van der Waals surface area contributed by atoms with E-state index in [0.717, 1.165) is 25.7 Å². The number of carbonyl (C=O) groups is 2. The number of amides is 2. The van der Waals surface area contributed by atoms with E-state index in [4.69, 9.17) is 9.47 Å². The second-order valence-electron chi connectivity index (χ2n) is 8.50. The predicted octanol–water partition coefficient (Wildman–Crippen LogP) is 4.96. The van der Waals surface area contributed by atoms with Gasteiger partial charge in [0, 0.05) is 23.7 Å². The quantitative estimate of drug-likeness (QED) is 0.324. The minimum atomic E-state index is -0.489. The van der Waals surface area contributed by atoms with Crippen molar-refractivity contribution < 1.29 is 24.0 Å². The highest BCUT2D eigenvalue weighted by Crippen LogP contribution is 2.34. The first-order chi connectivity index (χ1) is 17.4. The second-order valence-corrected chi connectivity index (χ2v) is 8.50. The Morgan fingerprint density at radius 1 is 1.03 bits per heavy atom. The first-order valence-electron chi connectivity index (χ1n) is 11.7. The zero-order valence-electron chi connectivity index (χ0n) is 19.9. The smallest absolute Gasteiger partial charge is 0.270 e. The molecule has 0 radical (unpaired) electrons. The zero-order valence-corrected chi connectivity index (χ0v) is 19.9. The summed E-state index contributed by atoms with van der Waals surface area (Å²) < 4.78 is 10.9. The molecule has 9 heteroatoms. The van der Waals surface area contributed by atoms with Crippen molar-refractivity contribution in [3.63, 3.8) is 0 Å². The molecule has 3 aromatic carbocycles. The Balaban J connectivity index is 1.47. The van der Waals surface area contributed by atoms with Crippen LogP contribution in [0.25, 0.3) is 11.1 Å². The van der Waals surface area contributed by atoms with Crippen LogP contribution in [-0.2, 0) is 4.79 Å². The Bertz CT molecular complexity index is 1250. The first kappa shape index (κ1) is 24.7. The fourth-order valence-electron chi connectivity index (χ4n) is 4.21. The number of nitro benzene ring substituents is 1. The van der Waals surface area contributed by atoms with E-state index in [1.807, 2.05) is 0 Å². The van der Waals surface area contributed by atoms with Crippen molar-refractivity contribution in [2.45, 2.75) is 31.7 Å². The number of hydrogen-bond donors (Lipinski definition) is 2. The van der Waals surface area contributed by atoms with Crippen LogP contribution in [0.4, 0.5) is 11.4 Å². The molecule has 4 rings (SSSR count). The topological polar surface area (TPSA) is 120 Å². The van der Waals surface area contributed by atoms with E-state index < -0.39 is 10.8 Å². The predicted molar refractivity (Wildman–Crippen MR) is 135 cm³/mol. The van der Waals surface area contributed by atoms with Gasteiger partial charge in [-0.05, 0) is 48.7 Å². The summed E-state index contributed by atoms with van der Waals surface area (Å²) in [7, 11) is 1.55. The molecule has 0 aliphatic heterocycles. The lowest BCUT2D eigenvalue weighted by Gasteiger charge is -2.15. The summed E-state index contributed by atoms with van der Waals surface area (Å²) in [6.45, 7) is -0.348. The van der Waals surface area contributed by atoms with E-state index in [9.17, 15) is 19.7 Å². The van der Waals surface area contributed by atoms with Crippen LogP contribution in [0.2, 0.25) is 0 Å². The van der Waals surface area contributed by atoms with Gasteiger partial charge in [-0.2, -0.15) is 0 Å². The normalized spacial score (nSPS) is 13.1. The van der Waals surface area contributed by atoms with Crippen LogP contribution in [0.15, 0.2) is 66.7 Å². The van der Waals surface area contributed by atoms with Crippen LogP contribution >= 0.6 is 0 Å². The van der Waals surface area contributed by atoms with Crippen LogP contribution in [0.3, 0.4) is 0 Å². The molecule has 0 saturated heterocycles. The number of nitrogens with one attached hydrogen (secondary N) is 2. The Hall–Kier alpha value is -4.40. The summed E-state index contributed by atoms with van der Waals surface area (Å²) in [6, 6.07) is 18.1. The summed E-state index contributed by atoms with van der Waals surface area (Å²) in [5, 5.41) is 17.1. The van der Waals surface area contributed by atoms with Gasteiger partial charge in [-0.1, -0.05) is 37.1 Å². The van der Waals surface area contributed by atoms with Gasteiger partial charge >= 0.3 is 0 Å². The number of rotatable bonds is 9. The number of methoxy groups -OCH3 is 1. The molecule has 36 heavy (non-hydrogen) atoms. The van der Waals surface area contributed by atoms with E-state index in [2.05, 4.69) is 10.6 Å². The van der Waals surface area contributed by atoms with Crippen molar-refractivity contribution in [2.75, 3.05) is 19.0 Å². The third-order valence-electron chi connectivity index (χ3n) is 6.07. The first-order valence-corrected chi connectivity index (χ1v) is 11.7. The van der Waals surface area contributed by atoms with Crippen molar-refractivity contribution >= 4 is 23.2 Å². The minimum Gasteiger partial charge on any atom is -0.497 e. The summed E-state index contributed by atoms with van der Waals surface area (Å²) in [5.74, 6) is 0.265. The van der Waals surface area contributed by atoms with Crippen molar-refractivity contribution in [1.82, 2.24) is 5.32 Å². The number of para-hydroxylation sites is 1. The highest BCUT2D eigenvalue weighted by molar-refractivity contribution is 6.04. The molecule has 0 bridgehead atoms. The molecule has 186 valence electrons. The minimum absolute atomic E-state index is 0.0974. The van der Waals surface area contributed by atoms with Crippen molar-refractivity contribution in [3.8, 4) is 22.6 Å². The molecule has 0 aromatic heterocycles. The third-order valence-corrected chi connectivity index (χ3v) is 6.07. The average molecular weight is 490 g/mol. The van der Waals surface area contributed by atoms with Crippen LogP contribution in [0, 0.1) is 10.1 Å². The molecule has 1 aliphatic carbocycles. The Morgan fingerprint density at radius 2 is 1.75 bits per heavy atom. The SMILES string of the molecule is COc1ccc(-c2cc([N+](=O)[O-])ccc2OCC(=O)Nc2ccccc2C(=O)NC2CCCC2)cc1. The van der Waals surface area contributed by atoms with Gasteiger partial charge in [-0.3, -0.25) is 19.7 Å². The van der Waals surface area contributed by atoms with Gasteiger partial charge in [0.2, 0.25) is 0 Å². The van der Waals surface area contributed by atoms with E-state index >= 15 is 0 Å². The second kappa shape index (κ2) is 11.4. The van der Waals surface area contributed by atoms with Gasteiger partial charge in [0.25, 0.3) is 17.5 Å². The molecule has 3 aromatic rings. The molecule has 0 unspecified atom stereocenters. The third kappa shape index (κ3) is 5.99. The van der Waals surface area contributed by atoms with Crippen LogP contribution < -0.4 is 20.1 Å². The van der Waals surface area contributed by atoms with Gasteiger partial charge in [-0.15, -0.1) is 0 Å². The molecule has 2 N–H and O–H groups in total. The molecular weight excluding hydrogens is 462 g/mol. The summed E-state index contributed by atoms with van der Waals surface area (Å²) in [5.41, 5.74) is 1.81. The standard InChI is InChI=1S/C27H27N3O6/c1-35-21-13-10-18(11-14-21)23-16-20(30(33)34)12-15-25(23)36-17-26(31)29-24-9-5-4-8-22(24)27(32)28-19-6-2-3-7-19/h4-5,8-16,19H,2-3,6-7,17H2,1H3,(H,28,32)(H,29,31). The number of hydrogen-bond acceptors (Lipinski definition) is 6. The molecule has 0 atom stereocenters. The number of nitrogens with zero attached hydrogens (tertiary/aromatic N) is 1. The number of nitro groups is 1. The maximum atomic E-state index is 12.8. The largest absolute Gasteiger partial charge is 0.497 e. The van der Waals surface area contributed by atoms with Crippen molar-refractivity contribution in [1.29, 1.82) is 0 Å². The molecule has 1 aliphatic rings. The zero-order chi connectivity index (χ0) is 25.5. The van der Waals surface area contributed by atoms with Crippen LogP contribution in [0.5, 0.6) is 11.5 Å². The van der Waals surface area contributed by atoms with E-state index in [-0.39, 0.29) is 24.2 Å². The number of anilines is 1. The molecular formula is C27H27N3O6. The van der Waals surface area contributed by atoms with Gasteiger partial charge in [0.15, 0.2) is 6.61 Å². The summed E-state index contributed by atoms with van der Waals surface area (Å²) in [4.78, 5) is 36.3. The number of carbonyl (C=O) groups excluding carboxylic acids is 2. The van der Waals surface area contributed by atoms with Gasteiger partial charge in [-0.25, -0.2) is 0 Å². The summed E-state index contributed by atoms with van der Waals surface area (Å²) >= 11 is 0. The molecule has 0 heterocycles. The number of benzene rings is 3. The van der Waals surface area contributed by atoms with Gasteiger partial charge in [0.1, 0.15) is 11.5 Å². The maximum absolute atomic E-state index is 12.8. The Labute approximate surface area is 208 Å². The highest BCUT2D eigenvalue weighted by Gasteiger charge is 2.20. The van der Waals surface area contributed by atoms with E-state index in [1.54, 1.807) is 55.6 Å². The lowest BCUT2D eigenvalue weighted by atomic mass is 10.0. The molecule has 1 fully saturated rings. The Kier molecular flexibility index (Phi) is 7.79. The number of non-ortho nitro benzene ring substituents is 1. The fourth-order valence-corrected chi connectivity index (χ4v) is 4.21. The molecule has 9 nitrogen and oxygen atoms in total. The molecule has 2 amide bonds.